The maximum atomic E-state index is 15.2. The summed E-state index contributed by atoms with van der Waals surface area (Å²) in [5, 5.41) is 37.6. The number of thiazole rings is 1. The van der Waals surface area contributed by atoms with E-state index in [0.29, 0.717) is 27.9 Å². The lowest BCUT2D eigenvalue weighted by atomic mass is 9.82. The molecule has 2 atom stereocenters. The number of carbonyl (C=O) groups excluding carboxylic acids is 1. The summed E-state index contributed by atoms with van der Waals surface area (Å²) >= 11 is 1.26. The highest BCUT2D eigenvalue weighted by Crippen LogP contribution is 2.41. The van der Waals surface area contributed by atoms with Crippen molar-refractivity contribution in [3.05, 3.63) is 118 Å². The summed E-state index contributed by atoms with van der Waals surface area (Å²) in [5.74, 6) is -4.48. The van der Waals surface area contributed by atoms with Gasteiger partial charge in [0.15, 0.2) is 0 Å². The molecule has 242 valence electrons. The smallest absolute Gasteiger partial charge is 0.336 e. The van der Waals surface area contributed by atoms with Crippen LogP contribution < -0.4 is 32.0 Å². The van der Waals surface area contributed by atoms with E-state index in [0.717, 1.165) is 11.6 Å². The number of ether oxygens (including phenoxy) is 1. The number of hydrogen-bond donors (Lipinski definition) is 3. The number of carbonyl (C=O) groups is 2. The van der Waals surface area contributed by atoms with Gasteiger partial charge in [0.1, 0.15) is 29.5 Å². The maximum Gasteiger partial charge on any atom is 0.336 e. The Morgan fingerprint density at radius 3 is 2.57 bits per heavy atom. The lowest BCUT2D eigenvalue weighted by molar-refractivity contribution is -0.689. The summed E-state index contributed by atoms with van der Waals surface area (Å²) in [6.07, 6.45) is 2.92. The molecule has 0 saturated heterocycles. The van der Waals surface area contributed by atoms with Crippen molar-refractivity contribution in [2.24, 2.45) is 5.73 Å². The summed E-state index contributed by atoms with van der Waals surface area (Å²) in [7, 11) is 0. The van der Waals surface area contributed by atoms with Crippen molar-refractivity contribution in [2.75, 3.05) is 6.54 Å². The first-order valence-corrected chi connectivity index (χ1v) is 14.7. The number of nitrogens with two attached hydrogens (primary N) is 1. The number of nitriles is 1. The second-order valence-corrected chi connectivity index (χ2v) is 11.3. The van der Waals surface area contributed by atoms with Crippen LogP contribution in [0.2, 0.25) is 0 Å². The van der Waals surface area contributed by atoms with Crippen LogP contribution in [0, 0.1) is 23.0 Å². The summed E-state index contributed by atoms with van der Waals surface area (Å²) in [4.78, 5) is 28.2. The third-order valence-corrected chi connectivity index (χ3v) is 8.44. The molecule has 0 spiro atoms. The standard InChI is InChI=1S/C32H26F2N6O5S.BrH/c1-19(30-38-28(15-46-30)21-4-2-20(12-35)3-5-21)32(44,26-9-7-23(33)10-27(26)34)16-40-18-39(17-37-40)14-22-6-8-24(45-29(41)13-36)11-25(22)31(42)43;/h2-11,15,17-19,44H,13-14,16,36H2,1H3;1H/t19-,32+;/m0./s1. The second kappa shape index (κ2) is 14.7. The van der Waals surface area contributed by atoms with Crippen molar-refractivity contribution in [1.82, 2.24) is 14.8 Å². The molecule has 0 aliphatic carbocycles. The molecule has 15 heteroatoms. The molecule has 0 bridgehead atoms. The predicted octanol–water partition coefficient (Wildman–Crippen LogP) is 0.750. The molecule has 3 aromatic carbocycles. The van der Waals surface area contributed by atoms with Crippen LogP contribution in [0.5, 0.6) is 5.75 Å². The predicted molar refractivity (Wildman–Crippen MR) is 161 cm³/mol. The molecule has 5 aromatic rings. The highest BCUT2D eigenvalue weighted by atomic mass is 79.9. The fourth-order valence-electron chi connectivity index (χ4n) is 4.93. The Bertz CT molecular complexity index is 1960. The largest absolute Gasteiger partial charge is 1.00 e. The number of rotatable bonds is 11. The lowest BCUT2D eigenvalue weighted by Crippen LogP contribution is -3.00. The van der Waals surface area contributed by atoms with Crippen LogP contribution in [0.4, 0.5) is 8.78 Å². The Labute approximate surface area is 281 Å². The van der Waals surface area contributed by atoms with Gasteiger partial charge >= 0.3 is 11.9 Å². The molecule has 0 aliphatic heterocycles. The average Bonchev–Trinajstić information content (AvgIpc) is 3.71. The minimum atomic E-state index is -1.96. The summed E-state index contributed by atoms with van der Waals surface area (Å²) < 4.78 is 37.1. The molecular formula is C32H27BrF2N6O5S. The number of halogens is 3. The van der Waals surface area contributed by atoms with Gasteiger partial charge in [0.05, 0.1) is 41.0 Å². The summed E-state index contributed by atoms with van der Waals surface area (Å²) in [6, 6.07) is 16.0. The zero-order valence-corrected chi connectivity index (χ0v) is 27.1. The molecule has 0 aliphatic rings. The Kier molecular flexibility index (Phi) is 10.9. The molecule has 2 heterocycles. The number of aromatic carboxylic acids is 1. The van der Waals surface area contributed by atoms with Gasteiger partial charge in [-0.25, -0.2) is 23.1 Å². The van der Waals surface area contributed by atoms with E-state index in [2.05, 4.69) is 16.2 Å². The van der Waals surface area contributed by atoms with E-state index in [-0.39, 0.29) is 53.5 Å². The van der Waals surface area contributed by atoms with E-state index < -0.39 is 35.1 Å². The lowest BCUT2D eigenvalue weighted by Gasteiger charge is -2.32. The first-order valence-electron chi connectivity index (χ1n) is 13.8. The Morgan fingerprint density at radius 1 is 1.17 bits per heavy atom. The van der Waals surface area contributed by atoms with Crippen LogP contribution in [0.3, 0.4) is 0 Å². The highest BCUT2D eigenvalue weighted by molar-refractivity contribution is 7.10. The van der Waals surface area contributed by atoms with E-state index in [1.807, 2.05) is 0 Å². The summed E-state index contributed by atoms with van der Waals surface area (Å²) in [5.41, 5.74) is 5.27. The topological polar surface area (TPSA) is 168 Å². The van der Waals surface area contributed by atoms with Crippen molar-refractivity contribution in [3.8, 4) is 23.1 Å². The zero-order valence-electron chi connectivity index (χ0n) is 24.7. The van der Waals surface area contributed by atoms with Crippen molar-refractivity contribution < 1.29 is 54.9 Å². The quantitative estimate of drug-likeness (QED) is 0.101. The van der Waals surface area contributed by atoms with Crippen LogP contribution in [0.25, 0.3) is 11.3 Å². The number of aromatic nitrogens is 4. The van der Waals surface area contributed by atoms with Crippen molar-refractivity contribution in [3.63, 3.8) is 0 Å². The number of carboxylic acid groups (broad SMARTS) is 1. The number of hydrogen-bond acceptors (Lipinski definition) is 9. The van der Waals surface area contributed by atoms with Crippen LogP contribution in [-0.4, -0.2) is 43.5 Å². The van der Waals surface area contributed by atoms with Crippen LogP contribution >= 0.6 is 11.3 Å². The molecule has 2 aromatic heterocycles. The van der Waals surface area contributed by atoms with Crippen LogP contribution in [-0.2, 0) is 23.5 Å². The van der Waals surface area contributed by atoms with Gasteiger partial charge in [0, 0.05) is 39.2 Å². The second-order valence-electron chi connectivity index (χ2n) is 10.4. The molecule has 0 amide bonds. The van der Waals surface area contributed by atoms with Crippen molar-refractivity contribution in [1.29, 1.82) is 5.26 Å². The van der Waals surface area contributed by atoms with Crippen molar-refractivity contribution in [2.45, 2.75) is 31.5 Å². The molecule has 0 fully saturated rings. The minimum Gasteiger partial charge on any atom is -1.00 e. The fourth-order valence-corrected chi connectivity index (χ4v) is 5.91. The third kappa shape index (κ3) is 7.75. The molecule has 5 rings (SSSR count). The van der Waals surface area contributed by atoms with E-state index >= 15 is 4.39 Å². The highest BCUT2D eigenvalue weighted by Gasteiger charge is 2.43. The van der Waals surface area contributed by atoms with E-state index in [1.165, 1.54) is 52.9 Å². The van der Waals surface area contributed by atoms with Crippen LogP contribution in [0.1, 0.15) is 44.9 Å². The van der Waals surface area contributed by atoms with Gasteiger partial charge in [-0.2, -0.15) is 5.26 Å². The molecule has 4 N–H and O–H groups in total. The SMILES string of the molecule is C[C@@H](c1nc(-c2ccc(C#N)cc2)cs1)[C@](O)(Cn1c[n+](Cc2ccc(OC(=O)CN)cc2C(=O)O)cn1)c1ccc(F)cc1F.[Br-]. The van der Waals surface area contributed by atoms with Gasteiger partial charge < -0.3 is 37.7 Å². The molecule has 11 nitrogen and oxygen atoms in total. The van der Waals surface area contributed by atoms with Crippen LogP contribution in [0.15, 0.2) is 78.7 Å². The molecule has 0 unspecified atom stereocenters. The first kappa shape index (κ1) is 35.0. The monoisotopic (exact) mass is 724 g/mol. The molecule has 0 saturated carbocycles. The van der Waals surface area contributed by atoms with Crippen molar-refractivity contribution >= 4 is 23.3 Å². The minimum absolute atomic E-state index is 0. The molecular weight excluding hydrogens is 698 g/mol. The molecule has 47 heavy (non-hydrogen) atoms. The van der Waals surface area contributed by atoms with Gasteiger partial charge in [-0.05, 0) is 30.3 Å². The number of carboxylic acids is 1. The fraction of sp³-hybridized carbons (Fsp3) is 0.188. The molecule has 0 radical (unpaired) electrons. The third-order valence-electron chi connectivity index (χ3n) is 7.41. The van der Waals surface area contributed by atoms with E-state index in [9.17, 15) is 24.2 Å². The van der Waals surface area contributed by atoms with Gasteiger partial charge in [0.25, 0.3) is 6.33 Å². The van der Waals surface area contributed by atoms with E-state index in [1.54, 1.807) is 41.1 Å². The van der Waals surface area contributed by atoms with Gasteiger partial charge in [0.2, 0.25) is 6.33 Å². The number of nitrogens with zero attached hydrogens (tertiary/aromatic N) is 5. The van der Waals surface area contributed by atoms with Gasteiger partial charge in [-0.3, -0.25) is 4.79 Å². The average molecular weight is 726 g/mol. The zero-order chi connectivity index (χ0) is 33.0. The van der Waals surface area contributed by atoms with E-state index in [4.69, 9.17) is 15.7 Å². The Hall–Kier alpha value is -4.88. The number of benzene rings is 3. The summed E-state index contributed by atoms with van der Waals surface area (Å²) in [6.45, 7) is 1.09. The maximum absolute atomic E-state index is 15.2. The van der Waals surface area contributed by atoms with Gasteiger partial charge in [-0.1, -0.05) is 31.2 Å². The first-order chi connectivity index (χ1) is 22.0. The number of esters is 1. The normalized spacial score (nSPS) is 12.8. The van der Waals surface area contributed by atoms with Gasteiger partial charge in [-0.15, -0.1) is 16.0 Å². The Morgan fingerprint density at radius 2 is 1.91 bits per heavy atom. The Balaban J connectivity index is 0.00000500. The number of aliphatic hydroxyl groups is 1.